The molecule has 20 heavy (non-hydrogen) atoms. The van der Waals surface area contributed by atoms with Crippen LogP contribution in [0, 0.1) is 0 Å². The molecule has 3 heteroatoms. The summed E-state index contributed by atoms with van der Waals surface area (Å²) in [4.78, 5) is 14.2. The van der Waals surface area contributed by atoms with E-state index in [4.69, 9.17) is 0 Å². The first kappa shape index (κ1) is 14.9. The van der Waals surface area contributed by atoms with E-state index in [1.54, 1.807) is 0 Å². The second-order valence-electron chi connectivity index (χ2n) is 6.04. The highest BCUT2D eigenvalue weighted by Gasteiger charge is 2.34. The standard InChI is InChI=1S/C17H26N2O/c1-3-4-12-18-16(20)19-13-8-11-17(2,14-19)15-9-6-5-7-10-15/h5-7,9-10H,3-4,8,11-14H2,1-2H3,(H,18,20)/t17-/m1/s1. The van der Waals surface area contributed by atoms with Crippen LogP contribution in [0.3, 0.4) is 0 Å². The quantitative estimate of drug-likeness (QED) is 0.837. The number of urea groups is 1. The molecule has 0 bridgehead atoms. The van der Waals surface area contributed by atoms with Gasteiger partial charge in [-0.1, -0.05) is 50.6 Å². The lowest BCUT2D eigenvalue weighted by atomic mass is 9.76. The van der Waals surface area contributed by atoms with E-state index in [-0.39, 0.29) is 11.4 Å². The predicted octanol–water partition coefficient (Wildman–Crippen LogP) is 3.55. The number of carbonyl (C=O) groups excluding carboxylic acids is 1. The number of amides is 2. The van der Waals surface area contributed by atoms with Crippen molar-refractivity contribution in [3.8, 4) is 0 Å². The first-order valence-electron chi connectivity index (χ1n) is 7.74. The van der Waals surface area contributed by atoms with Gasteiger partial charge in [0.15, 0.2) is 0 Å². The Labute approximate surface area is 122 Å². The Morgan fingerprint density at radius 1 is 1.35 bits per heavy atom. The van der Waals surface area contributed by atoms with Gasteiger partial charge >= 0.3 is 6.03 Å². The van der Waals surface area contributed by atoms with Crippen molar-refractivity contribution >= 4 is 6.03 Å². The first-order chi connectivity index (χ1) is 9.65. The number of piperidine rings is 1. The average Bonchev–Trinajstić information content (AvgIpc) is 2.48. The molecule has 2 rings (SSSR count). The number of likely N-dealkylation sites (tertiary alicyclic amines) is 1. The van der Waals surface area contributed by atoms with Crippen molar-refractivity contribution in [1.29, 1.82) is 0 Å². The van der Waals surface area contributed by atoms with E-state index >= 15 is 0 Å². The lowest BCUT2D eigenvalue weighted by Crippen LogP contribution is -2.50. The minimum absolute atomic E-state index is 0.0849. The fourth-order valence-electron chi connectivity index (χ4n) is 2.97. The second kappa shape index (κ2) is 6.78. The number of nitrogens with zero attached hydrogens (tertiary/aromatic N) is 1. The zero-order valence-corrected chi connectivity index (χ0v) is 12.7. The van der Waals surface area contributed by atoms with Gasteiger partial charge in [-0.05, 0) is 24.8 Å². The summed E-state index contributed by atoms with van der Waals surface area (Å²) in [5, 5.41) is 3.03. The fraction of sp³-hybridized carbons (Fsp3) is 0.588. The van der Waals surface area contributed by atoms with E-state index in [0.717, 1.165) is 45.3 Å². The monoisotopic (exact) mass is 274 g/mol. The van der Waals surface area contributed by atoms with Gasteiger partial charge in [0, 0.05) is 25.0 Å². The molecule has 3 nitrogen and oxygen atoms in total. The van der Waals surface area contributed by atoms with Gasteiger partial charge in [-0.25, -0.2) is 4.79 Å². The first-order valence-corrected chi connectivity index (χ1v) is 7.74. The normalized spacial score (nSPS) is 22.6. The molecule has 110 valence electrons. The molecule has 2 amide bonds. The molecule has 1 saturated heterocycles. The van der Waals surface area contributed by atoms with Gasteiger partial charge in [-0.2, -0.15) is 0 Å². The number of rotatable bonds is 4. The minimum Gasteiger partial charge on any atom is -0.338 e. The Kier molecular flexibility index (Phi) is 5.05. The zero-order valence-electron chi connectivity index (χ0n) is 12.7. The average molecular weight is 274 g/mol. The van der Waals surface area contributed by atoms with E-state index in [2.05, 4.69) is 43.4 Å². The maximum atomic E-state index is 12.2. The van der Waals surface area contributed by atoms with Gasteiger partial charge in [-0.3, -0.25) is 0 Å². The Morgan fingerprint density at radius 3 is 2.80 bits per heavy atom. The third-order valence-electron chi connectivity index (χ3n) is 4.26. The highest BCUT2D eigenvalue weighted by Crippen LogP contribution is 2.33. The van der Waals surface area contributed by atoms with Gasteiger partial charge in [0.05, 0.1) is 0 Å². The molecule has 1 N–H and O–H groups in total. The van der Waals surface area contributed by atoms with Crippen LogP contribution in [0.1, 0.15) is 45.1 Å². The Hall–Kier alpha value is -1.51. The van der Waals surface area contributed by atoms with Gasteiger partial charge < -0.3 is 10.2 Å². The number of hydrogen-bond acceptors (Lipinski definition) is 1. The Bertz CT molecular complexity index is 432. The molecule has 0 saturated carbocycles. The van der Waals surface area contributed by atoms with Crippen molar-refractivity contribution in [2.45, 2.75) is 44.9 Å². The number of hydrogen-bond donors (Lipinski definition) is 1. The molecule has 0 aliphatic carbocycles. The van der Waals surface area contributed by atoms with Crippen molar-refractivity contribution in [3.05, 3.63) is 35.9 Å². The molecule has 1 atom stereocenters. The summed E-state index contributed by atoms with van der Waals surface area (Å²) < 4.78 is 0. The number of nitrogens with one attached hydrogen (secondary N) is 1. The molecular formula is C17H26N2O. The zero-order chi connectivity index (χ0) is 14.4. The maximum absolute atomic E-state index is 12.2. The number of benzene rings is 1. The topological polar surface area (TPSA) is 32.3 Å². The van der Waals surface area contributed by atoms with E-state index in [0.29, 0.717) is 0 Å². The molecule has 1 fully saturated rings. The van der Waals surface area contributed by atoms with Crippen molar-refractivity contribution < 1.29 is 4.79 Å². The highest BCUT2D eigenvalue weighted by atomic mass is 16.2. The molecule has 1 heterocycles. The Balaban J connectivity index is 1.99. The van der Waals surface area contributed by atoms with Gasteiger partial charge in [0.25, 0.3) is 0 Å². The van der Waals surface area contributed by atoms with E-state index < -0.39 is 0 Å². The summed E-state index contributed by atoms with van der Waals surface area (Å²) in [5.41, 5.74) is 1.42. The van der Waals surface area contributed by atoms with E-state index in [1.807, 2.05) is 11.0 Å². The Morgan fingerprint density at radius 2 is 2.10 bits per heavy atom. The summed E-state index contributed by atoms with van der Waals surface area (Å²) in [6, 6.07) is 10.7. The van der Waals surface area contributed by atoms with Crippen LogP contribution in [0.2, 0.25) is 0 Å². The summed E-state index contributed by atoms with van der Waals surface area (Å²) in [7, 11) is 0. The largest absolute Gasteiger partial charge is 0.338 e. The lowest BCUT2D eigenvalue weighted by molar-refractivity contribution is 0.156. The lowest BCUT2D eigenvalue weighted by Gasteiger charge is -2.41. The summed E-state index contributed by atoms with van der Waals surface area (Å²) in [5.74, 6) is 0. The van der Waals surface area contributed by atoms with Crippen LogP contribution in [-0.4, -0.2) is 30.6 Å². The molecule has 0 spiro atoms. The van der Waals surface area contributed by atoms with Crippen molar-refractivity contribution in [2.75, 3.05) is 19.6 Å². The van der Waals surface area contributed by atoms with E-state index in [9.17, 15) is 4.79 Å². The smallest absolute Gasteiger partial charge is 0.317 e. The highest BCUT2D eigenvalue weighted by molar-refractivity contribution is 5.74. The number of unbranched alkanes of at least 4 members (excludes halogenated alkanes) is 1. The molecule has 1 aromatic carbocycles. The predicted molar refractivity (Wildman–Crippen MR) is 82.9 cm³/mol. The summed E-state index contributed by atoms with van der Waals surface area (Å²) >= 11 is 0. The molecule has 0 radical (unpaired) electrons. The van der Waals surface area contributed by atoms with Crippen LogP contribution in [-0.2, 0) is 5.41 Å². The SMILES string of the molecule is CCCCNC(=O)N1CCC[C@@](C)(c2ccccc2)C1. The minimum atomic E-state index is 0.0849. The van der Waals surface area contributed by atoms with Gasteiger partial charge in [0.1, 0.15) is 0 Å². The van der Waals surface area contributed by atoms with Gasteiger partial charge in [0.2, 0.25) is 0 Å². The fourth-order valence-corrected chi connectivity index (χ4v) is 2.97. The second-order valence-corrected chi connectivity index (χ2v) is 6.04. The summed E-state index contributed by atoms with van der Waals surface area (Å²) in [6.45, 7) is 6.89. The van der Waals surface area contributed by atoms with Crippen molar-refractivity contribution in [1.82, 2.24) is 10.2 Å². The van der Waals surface area contributed by atoms with Crippen LogP contribution in [0.25, 0.3) is 0 Å². The molecule has 0 unspecified atom stereocenters. The molecule has 1 aliphatic heterocycles. The third kappa shape index (κ3) is 3.53. The van der Waals surface area contributed by atoms with Crippen LogP contribution < -0.4 is 5.32 Å². The van der Waals surface area contributed by atoms with Crippen LogP contribution in [0.5, 0.6) is 0 Å². The van der Waals surface area contributed by atoms with Crippen LogP contribution in [0.15, 0.2) is 30.3 Å². The molecule has 1 aliphatic rings. The summed E-state index contributed by atoms with van der Waals surface area (Å²) in [6.07, 6.45) is 4.39. The van der Waals surface area contributed by atoms with Crippen molar-refractivity contribution in [3.63, 3.8) is 0 Å². The van der Waals surface area contributed by atoms with E-state index in [1.165, 1.54) is 5.56 Å². The molecule has 1 aromatic rings. The molecule has 0 aromatic heterocycles. The molecular weight excluding hydrogens is 248 g/mol. The number of carbonyl (C=O) groups is 1. The van der Waals surface area contributed by atoms with Crippen molar-refractivity contribution in [2.24, 2.45) is 0 Å². The van der Waals surface area contributed by atoms with Gasteiger partial charge in [-0.15, -0.1) is 0 Å². The van der Waals surface area contributed by atoms with Crippen LogP contribution in [0.4, 0.5) is 4.79 Å². The third-order valence-corrected chi connectivity index (χ3v) is 4.26. The van der Waals surface area contributed by atoms with Crippen LogP contribution >= 0.6 is 0 Å². The maximum Gasteiger partial charge on any atom is 0.317 e.